The maximum atomic E-state index is 5.93. The van der Waals surface area contributed by atoms with Crippen molar-refractivity contribution in [1.82, 2.24) is 5.32 Å². The SMILES string of the molecule is CC(C)CNCc1ccc(COc2cccc(Cl)c2)s1. The van der Waals surface area contributed by atoms with E-state index < -0.39 is 0 Å². The van der Waals surface area contributed by atoms with Crippen molar-refractivity contribution in [3.63, 3.8) is 0 Å². The Morgan fingerprint density at radius 1 is 1.20 bits per heavy atom. The van der Waals surface area contributed by atoms with Crippen LogP contribution in [-0.2, 0) is 13.2 Å². The largest absolute Gasteiger partial charge is 0.488 e. The third kappa shape index (κ3) is 5.16. The van der Waals surface area contributed by atoms with Crippen molar-refractivity contribution in [2.75, 3.05) is 6.54 Å². The molecule has 4 heteroatoms. The van der Waals surface area contributed by atoms with Crippen LogP contribution in [0.5, 0.6) is 5.75 Å². The van der Waals surface area contributed by atoms with Gasteiger partial charge in [0, 0.05) is 21.3 Å². The van der Waals surface area contributed by atoms with E-state index in [0.29, 0.717) is 17.5 Å². The monoisotopic (exact) mass is 309 g/mol. The molecule has 20 heavy (non-hydrogen) atoms. The lowest BCUT2D eigenvalue weighted by Gasteiger charge is -2.06. The van der Waals surface area contributed by atoms with E-state index >= 15 is 0 Å². The summed E-state index contributed by atoms with van der Waals surface area (Å²) in [6.45, 7) is 7.00. The van der Waals surface area contributed by atoms with Crippen LogP contribution in [0.1, 0.15) is 23.6 Å². The van der Waals surface area contributed by atoms with E-state index in [9.17, 15) is 0 Å². The van der Waals surface area contributed by atoms with Crippen molar-refractivity contribution in [3.8, 4) is 5.75 Å². The minimum atomic E-state index is 0.592. The summed E-state index contributed by atoms with van der Waals surface area (Å²) in [5.74, 6) is 1.49. The van der Waals surface area contributed by atoms with E-state index in [0.717, 1.165) is 18.8 Å². The first-order valence-corrected chi connectivity index (χ1v) is 7.99. The molecule has 1 aromatic carbocycles. The molecule has 0 amide bonds. The van der Waals surface area contributed by atoms with Crippen molar-refractivity contribution in [2.24, 2.45) is 5.92 Å². The summed E-state index contributed by atoms with van der Waals surface area (Å²) in [7, 11) is 0. The molecule has 2 rings (SSSR count). The molecule has 0 radical (unpaired) electrons. The molecular formula is C16H20ClNOS. The normalized spacial score (nSPS) is 11.0. The first-order chi connectivity index (χ1) is 9.63. The number of benzene rings is 1. The van der Waals surface area contributed by atoms with Crippen LogP contribution in [0.25, 0.3) is 0 Å². The van der Waals surface area contributed by atoms with E-state index in [-0.39, 0.29) is 0 Å². The van der Waals surface area contributed by atoms with Gasteiger partial charge in [0.25, 0.3) is 0 Å². The topological polar surface area (TPSA) is 21.3 Å². The zero-order valence-corrected chi connectivity index (χ0v) is 13.4. The molecule has 0 aliphatic rings. The lowest BCUT2D eigenvalue weighted by Crippen LogP contribution is -2.18. The molecule has 2 aromatic rings. The highest BCUT2D eigenvalue weighted by Gasteiger charge is 2.02. The molecule has 1 N–H and O–H groups in total. The van der Waals surface area contributed by atoms with Gasteiger partial charge in [0.15, 0.2) is 0 Å². The van der Waals surface area contributed by atoms with Gasteiger partial charge >= 0.3 is 0 Å². The van der Waals surface area contributed by atoms with Crippen LogP contribution in [0.2, 0.25) is 5.02 Å². The third-order valence-corrected chi connectivity index (χ3v) is 4.04. The zero-order valence-electron chi connectivity index (χ0n) is 11.9. The summed E-state index contributed by atoms with van der Waals surface area (Å²) in [6.07, 6.45) is 0. The second kappa shape index (κ2) is 7.67. The quantitative estimate of drug-likeness (QED) is 0.798. The molecule has 1 aromatic heterocycles. The van der Waals surface area contributed by atoms with Gasteiger partial charge in [-0.1, -0.05) is 31.5 Å². The lowest BCUT2D eigenvalue weighted by atomic mass is 10.2. The van der Waals surface area contributed by atoms with Gasteiger partial charge in [0.2, 0.25) is 0 Å². The number of ether oxygens (including phenoxy) is 1. The molecule has 0 spiro atoms. The zero-order chi connectivity index (χ0) is 14.4. The Morgan fingerprint density at radius 3 is 2.75 bits per heavy atom. The standard InChI is InChI=1S/C16H20ClNOS/c1-12(2)9-18-10-15-6-7-16(20-15)11-19-14-5-3-4-13(17)8-14/h3-8,12,18H,9-11H2,1-2H3. The van der Waals surface area contributed by atoms with Crippen LogP contribution in [0.4, 0.5) is 0 Å². The highest BCUT2D eigenvalue weighted by atomic mass is 35.5. The molecule has 108 valence electrons. The number of thiophene rings is 1. The Labute approximate surface area is 129 Å². The molecule has 0 saturated carbocycles. The molecule has 0 unspecified atom stereocenters. The van der Waals surface area contributed by atoms with E-state index in [1.807, 2.05) is 24.3 Å². The van der Waals surface area contributed by atoms with E-state index in [4.69, 9.17) is 16.3 Å². The first-order valence-electron chi connectivity index (χ1n) is 6.80. The van der Waals surface area contributed by atoms with Gasteiger partial charge in [0.1, 0.15) is 12.4 Å². The van der Waals surface area contributed by atoms with Crippen molar-refractivity contribution < 1.29 is 4.74 Å². The summed E-state index contributed by atoms with van der Waals surface area (Å²) in [5.41, 5.74) is 0. The van der Waals surface area contributed by atoms with E-state index in [2.05, 4.69) is 31.3 Å². The van der Waals surface area contributed by atoms with Gasteiger partial charge in [-0.25, -0.2) is 0 Å². The van der Waals surface area contributed by atoms with Gasteiger partial charge in [-0.2, -0.15) is 0 Å². The third-order valence-electron chi connectivity index (χ3n) is 2.75. The molecular weight excluding hydrogens is 290 g/mol. The average molecular weight is 310 g/mol. The van der Waals surface area contributed by atoms with Gasteiger partial charge < -0.3 is 10.1 Å². The van der Waals surface area contributed by atoms with Crippen LogP contribution in [0.3, 0.4) is 0 Å². The number of nitrogens with one attached hydrogen (secondary N) is 1. The fraction of sp³-hybridized carbons (Fsp3) is 0.375. The highest BCUT2D eigenvalue weighted by molar-refractivity contribution is 7.11. The molecule has 0 atom stereocenters. The second-order valence-corrected chi connectivity index (χ2v) is 6.83. The van der Waals surface area contributed by atoms with Crippen LogP contribution in [0.15, 0.2) is 36.4 Å². The summed E-state index contributed by atoms with van der Waals surface area (Å²) in [5, 5.41) is 4.15. The Morgan fingerprint density at radius 2 is 2.00 bits per heavy atom. The molecule has 2 nitrogen and oxygen atoms in total. The Bertz CT molecular complexity index is 539. The van der Waals surface area contributed by atoms with Crippen molar-refractivity contribution >= 4 is 22.9 Å². The summed E-state index contributed by atoms with van der Waals surface area (Å²) >= 11 is 7.72. The molecule has 0 bridgehead atoms. The van der Waals surface area contributed by atoms with Crippen molar-refractivity contribution in [3.05, 3.63) is 51.2 Å². The molecule has 0 aliphatic carbocycles. The average Bonchev–Trinajstić information content (AvgIpc) is 2.84. The Balaban J connectivity index is 1.80. The number of hydrogen-bond donors (Lipinski definition) is 1. The molecule has 1 heterocycles. The lowest BCUT2D eigenvalue weighted by molar-refractivity contribution is 0.310. The van der Waals surface area contributed by atoms with Crippen LogP contribution in [-0.4, -0.2) is 6.54 Å². The van der Waals surface area contributed by atoms with Gasteiger partial charge in [-0.05, 0) is 42.8 Å². The highest BCUT2D eigenvalue weighted by Crippen LogP contribution is 2.21. The number of halogens is 1. The smallest absolute Gasteiger partial charge is 0.122 e. The maximum absolute atomic E-state index is 5.93. The summed E-state index contributed by atoms with van der Waals surface area (Å²) in [6, 6.07) is 11.8. The fourth-order valence-corrected chi connectivity index (χ4v) is 2.87. The van der Waals surface area contributed by atoms with Crippen LogP contribution < -0.4 is 10.1 Å². The summed E-state index contributed by atoms with van der Waals surface area (Å²) < 4.78 is 5.73. The Kier molecular flexibility index (Phi) is 5.89. The minimum Gasteiger partial charge on any atom is -0.488 e. The maximum Gasteiger partial charge on any atom is 0.122 e. The predicted molar refractivity (Wildman–Crippen MR) is 86.6 cm³/mol. The van der Waals surface area contributed by atoms with Crippen molar-refractivity contribution in [2.45, 2.75) is 27.0 Å². The molecule has 0 saturated heterocycles. The van der Waals surface area contributed by atoms with Gasteiger partial charge in [-0.3, -0.25) is 0 Å². The van der Waals surface area contributed by atoms with Gasteiger partial charge in [0.05, 0.1) is 0 Å². The molecule has 0 fully saturated rings. The number of rotatable bonds is 7. The van der Waals surface area contributed by atoms with E-state index in [1.165, 1.54) is 9.75 Å². The minimum absolute atomic E-state index is 0.592. The fourth-order valence-electron chi connectivity index (χ4n) is 1.79. The van der Waals surface area contributed by atoms with E-state index in [1.54, 1.807) is 11.3 Å². The van der Waals surface area contributed by atoms with Crippen molar-refractivity contribution in [1.29, 1.82) is 0 Å². The predicted octanol–water partition coefficient (Wildman–Crippen LogP) is 4.73. The van der Waals surface area contributed by atoms with Gasteiger partial charge in [-0.15, -0.1) is 11.3 Å². The first kappa shape index (κ1) is 15.4. The van der Waals surface area contributed by atoms with Crippen LogP contribution in [0, 0.1) is 5.92 Å². The Hall–Kier alpha value is -1.03. The second-order valence-electron chi connectivity index (χ2n) is 5.14. The molecule has 0 aliphatic heterocycles. The summed E-state index contributed by atoms with van der Waals surface area (Å²) in [4.78, 5) is 2.57. The number of hydrogen-bond acceptors (Lipinski definition) is 3. The van der Waals surface area contributed by atoms with Crippen LogP contribution >= 0.6 is 22.9 Å².